The summed E-state index contributed by atoms with van der Waals surface area (Å²) in [5.41, 5.74) is 0.836. The lowest BCUT2D eigenvalue weighted by molar-refractivity contribution is -0.125. The fraction of sp³-hybridized carbons (Fsp3) is 0.588. The Balaban J connectivity index is 1.59. The van der Waals surface area contributed by atoms with Crippen LogP contribution in [0.3, 0.4) is 0 Å². The van der Waals surface area contributed by atoms with E-state index < -0.39 is 0 Å². The van der Waals surface area contributed by atoms with Gasteiger partial charge in [0.15, 0.2) is 5.65 Å². The van der Waals surface area contributed by atoms with E-state index in [-0.39, 0.29) is 11.8 Å². The van der Waals surface area contributed by atoms with Crippen LogP contribution in [0.2, 0.25) is 0 Å². The van der Waals surface area contributed by atoms with Gasteiger partial charge in [0.1, 0.15) is 0 Å². The van der Waals surface area contributed by atoms with Gasteiger partial charge in [0, 0.05) is 25.8 Å². The molecule has 0 radical (unpaired) electrons. The minimum Gasteiger partial charge on any atom is -0.356 e. The van der Waals surface area contributed by atoms with Crippen molar-refractivity contribution in [3.05, 3.63) is 24.4 Å². The Bertz CT molecular complexity index is 683. The van der Waals surface area contributed by atoms with Gasteiger partial charge < -0.3 is 15.1 Å². The first-order valence-electron chi connectivity index (χ1n) is 8.62. The fourth-order valence-electron chi connectivity index (χ4n) is 3.17. The van der Waals surface area contributed by atoms with Gasteiger partial charge in [-0.3, -0.25) is 9.20 Å². The number of pyridine rings is 1. The van der Waals surface area contributed by atoms with Crippen LogP contribution in [0.1, 0.15) is 19.3 Å². The van der Waals surface area contributed by atoms with E-state index in [1.165, 1.54) is 0 Å². The van der Waals surface area contributed by atoms with Gasteiger partial charge in [0.05, 0.1) is 5.92 Å². The molecule has 1 fully saturated rings. The van der Waals surface area contributed by atoms with E-state index in [1.54, 1.807) is 0 Å². The first-order valence-corrected chi connectivity index (χ1v) is 8.62. The zero-order valence-corrected chi connectivity index (χ0v) is 14.5. The fourth-order valence-corrected chi connectivity index (χ4v) is 3.17. The Hall–Kier alpha value is -2.15. The maximum atomic E-state index is 12.4. The third-order valence-electron chi connectivity index (χ3n) is 4.45. The molecule has 1 amide bonds. The Morgan fingerprint density at radius 3 is 3.08 bits per heavy atom. The number of fused-ring (bicyclic) bond motifs is 1. The number of carbonyl (C=O) groups excluding carboxylic acids is 1. The Kier molecular flexibility index (Phi) is 5.30. The third-order valence-corrected chi connectivity index (χ3v) is 4.45. The first-order chi connectivity index (χ1) is 11.6. The van der Waals surface area contributed by atoms with Crippen molar-refractivity contribution >= 4 is 17.5 Å². The van der Waals surface area contributed by atoms with Gasteiger partial charge in [-0.1, -0.05) is 6.07 Å². The lowest BCUT2D eigenvalue weighted by atomic mass is 9.97. The van der Waals surface area contributed by atoms with E-state index in [9.17, 15) is 4.79 Å². The summed E-state index contributed by atoms with van der Waals surface area (Å²) in [6.45, 7) is 3.35. The van der Waals surface area contributed by atoms with Crippen LogP contribution in [0, 0.1) is 5.92 Å². The Morgan fingerprint density at radius 1 is 1.38 bits per heavy atom. The highest BCUT2D eigenvalue weighted by atomic mass is 16.1. The molecule has 3 rings (SSSR count). The number of piperidine rings is 1. The van der Waals surface area contributed by atoms with Crippen molar-refractivity contribution in [1.29, 1.82) is 0 Å². The van der Waals surface area contributed by atoms with E-state index in [2.05, 4.69) is 25.3 Å². The molecule has 2 aromatic rings. The molecule has 1 saturated heterocycles. The molecule has 1 aliphatic heterocycles. The van der Waals surface area contributed by atoms with Crippen molar-refractivity contribution in [2.24, 2.45) is 5.92 Å². The van der Waals surface area contributed by atoms with Crippen LogP contribution in [0.15, 0.2) is 24.4 Å². The van der Waals surface area contributed by atoms with Gasteiger partial charge in [0.2, 0.25) is 11.9 Å². The summed E-state index contributed by atoms with van der Waals surface area (Å²) in [7, 11) is 4.09. The average Bonchev–Trinajstić information content (AvgIpc) is 3.02. The number of nitrogens with zero attached hydrogens (tertiary/aromatic N) is 5. The lowest BCUT2D eigenvalue weighted by Crippen LogP contribution is -2.44. The molecule has 0 aliphatic carbocycles. The zero-order chi connectivity index (χ0) is 16.9. The molecule has 7 nitrogen and oxygen atoms in total. The Morgan fingerprint density at radius 2 is 2.25 bits per heavy atom. The number of aromatic nitrogens is 3. The second kappa shape index (κ2) is 7.61. The maximum Gasteiger partial charge on any atom is 0.231 e. The van der Waals surface area contributed by atoms with Crippen molar-refractivity contribution in [2.75, 3.05) is 45.2 Å². The smallest absolute Gasteiger partial charge is 0.231 e. The lowest BCUT2D eigenvalue weighted by Gasteiger charge is -2.32. The molecule has 0 saturated carbocycles. The van der Waals surface area contributed by atoms with Crippen LogP contribution in [0.25, 0.3) is 5.65 Å². The molecule has 2 aromatic heterocycles. The summed E-state index contributed by atoms with van der Waals surface area (Å²) in [5, 5.41) is 11.6. The molecule has 1 aliphatic rings. The normalized spacial score (nSPS) is 18.3. The highest BCUT2D eigenvalue weighted by molar-refractivity contribution is 5.79. The number of nitrogens with one attached hydrogen (secondary N) is 1. The van der Waals surface area contributed by atoms with Gasteiger partial charge in [0.25, 0.3) is 0 Å². The molecule has 7 heteroatoms. The van der Waals surface area contributed by atoms with Gasteiger partial charge in [-0.2, -0.15) is 0 Å². The minimum atomic E-state index is 0.0224. The van der Waals surface area contributed by atoms with Gasteiger partial charge in [-0.25, -0.2) is 0 Å². The molecule has 0 aromatic carbocycles. The highest BCUT2D eigenvalue weighted by Gasteiger charge is 2.27. The number of rotatable bonds is 6. The minimum absolute atomic E-state index is 0.0224. The van der Waals surface area contributed by atoms with Crippen LogP contribution in [0.5, 0.6) is 0 Å². The molecule has 0 spiro atoms. The summed E-state index contributed by atoms with van der Waals surface area (Å²) < 4.78 is 1.98. The van der Waals surface area contributed by atoms with E-state index >= 15 is 0 Å². The molecule has 130 valence electrons. The van der Waals surface area contributed by atoms with E-state index in [0.29, 0.717) is 6.54 Å². The van der Waals surface area contributed by atoms with E-state index in [0.717, 1.165) is 50.5 Å². The van der Waals surface area contributed by atoms with E-state index in [1.807, 2.05) is 42.9 Å². The van der Waals surface area contributed by atoms with Crippen LogP contribution >= 0.6 is 0 Å². The monoisotopic (exact) mass is 330 g/mol. The average molecular weight is 330 g/mol. The van der Waals surface area contributed by atoms with Crippen LogP contribution < -0.4 is 10.2 Å². The van der Waals surface area contributed by atoms with Crippen molar-refractivity contribution < 1.29 is 4.79 Å². The molecule has 1 atom stereocenters. The van der Waals surface area contributed by atoms with Crippen LogP contribution in [-0.2, 0) is 4.79 Å². The third kappa shape index (κ3) is 3.84. The SMILES string of the molecule is CN(C)CCCNC(=O)C1CCCN(c2nnc3ccccn23)C1. The molecule has 3 heterocycles. The summed E-state index contributed by atoms with van der Waals surface area (Å²) in [6, 6.07) is 5.86. The number of hydrogen-bond acceptors (Lipinski definition) is 5. The van der Waals surface area contributed by atoms with Crippen molar-refractivity contribution in [3.63, 3.8) is 0 Å². The summed E-state index contributed by atoms with van der Waals surface area (Å²) in [4.78, 5) is 16.7. The quantitative estimate of drug-likeness (QED) is 0.801. The van der Waals surface area contributed by atoms with E-state index in [4.69, 9.17) is 0 Å². The number of amides is 1. The van der Waals surface area contributed by atoms with Crippen molar-refractivity contribution in [2.45, 2.75) is 19.3 Å². The molecule has 1 unspecified atom stereocenters. The standard InChI is InChI=1S/C17H26N6O/c1-21(2)10-6-9-18-16(24)14-7-5-11-22(13-14)17-20-19-15-8-3-4-12-23(15)17/h3-4,8,12,14H,5-7,9-11,13H2,1-2H3,(H,18,24). The second-order valence-electron chi connectivity index (χ2n) is 6.66. The predicted octanol–water partition coefficient (Wildman–Crippen LogP) is 1.01. The molecule has 24 heavy (non-hydrogen) atoms. The molecule has 1 N–H and O–H groups in total. The molecule has 0 bridgehead atoms. The summed E-state index contributed by atoms with van der Waals surface area (Å²) >= 11 is 0. The largest absolute Gasteiger partial charge is 0.356 e. The Labute approximate surface area is 142 Å². The first kappa shape index (κ1) is 16.7. The molecular formula is C17H26N6O. The van der Waals surface area contributed by atoms with Gasteiger partial charge >= 0.3 is 0 Å². The second-order valence-corrected chi connectivity index (χ2v) is 6.66. The van der Waals surface area contributed by atoms with Crippen molar-refractivity contribution in [1.82, 2.24) is 24.8 Å². The topological polar surface area (TPSA) is 65.8 Å². The number of hydrogen-bond donors (Lipinski definition) is 1. The predicted molar refractivity (Wildman–Crippen MR) is 94.1 cm³/mol. The van der Waals surface area contributed by atoms with Crippen LogP contribution in [-0.4, -0.2) is 65.7 Å². The number of carbonyl (C=O) groups is 1. The molecular weight excluding hydrogens is 304 g/mol. The zero-order valence-electron chi connectivity index (χ0n) is 14.5. The van der Waals surface area contributed by atoms with Crippen LogP contribution in [0.4, 0.5) is 5.95 Å². The maximum absolute atomic E-state index is 12.4. The number of anilines is 1. The van der Waals surface area contributed by atoms with Crippen molar-refractivity contribution in [3.8, 4) is 0 Å². The summed E-state index contributed by atoms with van der Waals surface area (Å²) in [5.74, 6) is 1.01. The highest BCUT2D eigenvalue weighted by Crippen LogP contribution is 2.22. The van der Waals surface area contributed by atoms with Gasteiger partial charge in [-0.15, -0.1) is 10.2 Å². The summed E-state index contributed by atoms with van der Waals surface area (Å²) in [6.07, 6.45) is 4.88. The van der Waals surface area contributed by atoms with Gasteiger partial charge in [-0.05, 0) is 52.0 Å².